The van der Waals surface area contributed by atoms with E-state index in [1.165, 1.54) is 16.6 Å². The van der Waals surface area contributed by atoms with Crippen molar-refractivity contribution in [2.24, 2.45) is 0 Å². The lowest BCUT2D eigenvalue weighted by atomic mass is 10.1. The van der Waals surface area contributed by atoms with Crippen LogP contribution in [-0.2, 0) is 0 Å². The number of hydrogen-bond donors (Lipinski definition) is 1. The molecule has 2 aromatic carbocycles. The number of nitrogens with zero attached hydrogens (tertiary/aromatic N) is 5. The van der Waals surface area contributed by atoms with Gasteiger partial charge in [0.25, 0.3) is 11.6 Å². The summed E-state index contributed by atoms with van der Waals surface area (Å²) in [5.41, 5.74) is 1.80. The highest BCUT2D eigenvalue weighted by atomic mass is 35.5. The SMILES string of the molecule is Cc1ccc(C(=O)NCCOc2ccc3nnc(-c4ccccc4Cl)n3n2)cc1[N+](=O)[O-]. The number of aromatic nitrogens is 4. The third-order valence-electron chi connectivity index (χ3n) is 4.66. The Labute approximate surface area is 187 Å². The minimum absolute atomic E-state index is 0.102. The molecular weight excluding hydrogens is 436 g/mol. The van der Waals surface area contributed by atoms with Gasteiger partial charge in [0.2, 0.25) is 5.88 Å². The lowest BCUT2D eigenvalue weighted by molar-refractivity contribution is -0.385. The molecule has 0 atom stereocenters. The van der Waals surface area contributed by atoms with Crippen LogP contribution in [0.4, 0.5) is 5.69 Å². The smallest absolute Gasteiger partial charge is 0.273 e. The van der Waals surface area contributed by atoms with Gasteiger partial charge in [0.1, 0.15) is 6.61 Å². The average Bonchev–Trinajstić information content (AvgIpc) is 3.20. The maximum atomic E-state index is 12.3. The lowest BCUT2D eigenvalue weighted by Crippen LogP contribution is -2.28. The number of nitro benzene ring substituents is 1. The predicted molar refractivity (Wildman–Crippen MR) is 117 cm³/mol. The first kappa shape index (κ1) is 21.2. The molecular formula is C21H17ClN6O4. The summed E-state index contributed by atoms with van der Waals surface area (Å²) < 4.78 is 7.16. The summed E-state index contributed by atoms with van der Waals surface area (Å²) in [7, 11) is 0. The molecule has 162 valence electrons. The fourth-order valence-electron chi connectivity index (χ4n) is 3.03. The Bertz CT molecular complexity index is 1320. The second-order valence-electron chi connectivity index (χ2n) is 6.81. The Morgan fingerprint density at radius 1 is 1.19 bits per heavy atom. The van der Waals surface area contributed by atoms with Crippen LogP contribution >= 0.6 is 11.6 Å². The number of benzene rings is 2. The van der Waals surface area contributed by atoms with Crippen LogP contribution < -0.4 is 10.1 Å². The van der Waals surface area contributed by atoms with Crippen molar-refractivity contribution >= 4 is 28.8 Å². The molecule has 0 unspecified atom stereocenters. The molecule has 0 aliphatic heterocycles. The number of amides is 1. The van der Waals surface area contributed by atoms with Crippen LogP contribution in [0.5, 0.6) is 5.88 Å². The van der Waals surface area contributed by atoms with Crippen molar-refractivity contribution < 1.29 is 14.5 Å². The quantitative estimate of drug-likeness (QED) is 0.258. The van der Waals surface area contributed by atoms with Crippen LogP contribution in [0.2, 0.25) is 5.02 Å². The van der Waals surface area contributed by atoms with E-state index in [0.29, 0.717) is 33.5 Å². The fraction of sp³-hybridized carbons (Fsp3) is 0.143. The number of nitrogens with one attached hydrogen (secondary N) is 1. The highest BCUT2D eigenvalue weighted by Crippen LogP contribution is 2.26. The second kappa shape index (κ2) is 8.98. The molecule has 0 radical (unpaired) electrons. The molecule has 4 rings (SSSR count). The van der Waals surface area contributed by atoms with Gasteiger partial charge in [0, 0.05) is 28.8 Å². The van der Waals surface area contributed by atoms with E-state index in [2.05, 4.69) is 20.6 Å². The van der Waals surface area contributed by atoms with Gasteiger partial charge in [0.15, 0.2) is 11.5 Å². The summed E-state index contributed by atoms with van der Waals surface area (Å²) in [4.78, 5) is 22.8. The predicted octanol–water partition coefficient (Wildman–Crippen LogP) is 3.47. The molecule has 1 N–H and O–H groups in total. The summed E-state index contributed by atoms with van der Waals surface area (Å²) in [5, 5.41) is 26.9. The van der Waals surface area contributed by atoms with E-state index in [1.807, 2.05) is 18.2 Å². The van der Waals surface area contributed by atoms with Gasteiger partial charge < -0.3 is 10.1 Å². The second-order valence-corrected chi connectivity index (χ2v) is 7.21. The third-order valence-corrected chi connectivity index (χ3v) is 4.99. The molecule has 4 aromatic rings. The number of carbonyl (C=O) groups excluding carboxylic acids is 1. The first-order valence-electron chi connectivity index (χ1n) is 9.57. The molecule has 0 saturated carbocycles. The first-order valence-corrected chi connectivity index (χ1v) is 9.95. The molecule has 2 heterocycles. The summed E-state index contributed by atoms with van der Waals surface area (Å²) in [6, 6.07) is 14.9. The average molecular weight is 453 g/mol. The minimum atomic E-state index is -0.515. The standard InChI is InChI=1S/C21H17ClN6O4/c1-13-6-7-14(12-17(13)28(30)31)21(29)23-10-11-32-19-9-8-18-24-25-20(27(18)26-19)15-4-2-3-5-16(15)22/h2-9,12H,10-11H2,1H3,(H,23,29). The number of carbonyl (C=O) groups is 1. The normalized spacial score (nSPS) is 10.8. The number of halogens is 1. The summed E-state index contributed by atoms with van der Waals surface area (Å²) >= 11 is 6.26. The minimum Gasteiger partial charge on any atom is -0.475 e. The molecule has 1 amide bonds. The van der Waals surface area contributed by atoms with Crippen LogP contribution in [0.1, 0.15) is 15.9 Å². The van der Waals surface area contributed by atoms with Crippen LogP contribution in [-0.4, -0.2) is 43.8 Å². The number of nitro groups is 1. The van der Waals surface area contributed by atoms with E-state index in [-0.39, 0.29) is 24.4 Å². The molecule has 0 aliphatic rings. The van der Waals surface area contributed by atoms with Gasteiger partial charge in [-0.25, -0.2) is 0 Å². The zero-order valence-electron chi connectivity index (χ0n) is 16.9. The molecule has 10 nitrogen and oxygen atoms in total. The Balaban J connectivity index is 1.40. The van der Waals surface area contributed by atoms with E-state index < -0.39 is 10.8 Å². The molecule has 11 heteroatoms. The maximum absolute atomic E-state index is 12.3. The highest BCUT2D eigenvalue weighted by Gasteiger charge is 2.15. The van der Waals surface area contributed by atoms with Crippen molar-refractivity contribution in [1.82, 2.24) is 25.1 Å². The Morgan fingerprint density at radius 3 is 2.78 bits per heavy atom. The fourth-order valence-corrected chi connectivity index (χ4v) is 3.25. The van der Waals surface area contributed by atoms with Crippen molar-refractivity contribution in [3.8, 4) is 17.3 Å². The molecule has 0 bridgehead atoms. The van der Waals surface area contributed by atoms with Gasteiger partial charge in [0.05, 0.1) is 16.5 Å². The monoisotopic (exact) mass is 452 g/mol. The number of aryl methyl sites for hydroxylation is 1. The van der Waals surface area contributed by atoms with Crippen molar-refractivity contribution in [1.29, 1.82) is 0 Å². The topological polar surface area (TPSA) is 125 Å². The van der Waals surface area contributed by atoms with Crippen LogP contribution in [0.15, 0.2) is 54.6 Å². The summed E-state index contributed by atoms with van der Waals surface area (Å²) in [6.07, 6.45) is 0. The lowest BCUT2D eigenvalue weighted by Gasteiger charge is -2.08. The van der Waals surface area contributed by atoms with E-state index in [0.717, 1.165) is 0 Å². The maximum Gasteiger partial charge on any atom is 0.273 e. The molecule has 2 aromatic heterocycles. The Hall–Kier alpha value is -4.05. The van der Waals surface area contributed by atoms with Gasteiger partial charge in [-0.1, -0.05) is 29.8 Å². The van der Waals surface area contributed by atoms with Gasteiger partial charge in [-0.15, -0.1) is 15.3 Å². The third kappa shape index (κ3) is 4.35. The number of ether oxygens (including phenoxy) is 1. The first-order chi connectivity index (χ1) is 15.4. The zero-order valence-corrected chi connectivity index (χ0v) is 17.6. The number of fused-ring (bicyclic) bond motifs is 1. The zero-order chi connectivity index (χ0) is 22.7. The Morgan fingerprint density at radius 2 is 2.00 bits per heavy atom. The van der Waals surface area contributed by atoms with Crippen LogP contribution in [0, 0.1) is 17.0 Å². The van der Waals surface area contributed by atoms with Gasteiger partial charge >= 0.3 is 0 Å². The summed E-state index contributed by atoms with van der Waals surface area (Å²) in [5.74, 6) is 0.357. The number of hydrogen-bond acceptors (Lipinski definition) is 7. The van der Waals surface area contributed by atoms with E-state index >= 15 is 0 Å². The van der Waals surface area contributed by atoms with E-state index in [1.54, 1.807) is 31.2 Å². The van der Waals surface area contributed by atoms with E-state index in [9.17, 15) is 14.9 Å². The largest absolute Gasteiger partial charge is 0.475 e. The molecule has 0 saturated heterocycles. The van der Waals surface area contributed by atoms with Crippen molar-refractivity contribution in [3.63, 3.8) is 0 Å². The van der Waals surface area contributed by atoms with E-state index in [4.69, 9.17) is 16.3 Å². The molecule has 0 spiro atoms. The van der Waals surface area contributed by atoms with Crippen molar-refractivity contribution in [2.75, 3.05) is 13.2 Å². The van der Waals surface area contributed by atoms with Crippen molar-refractivity contribution in [2.45, 2.75) is 6.92 Å². The Kier molecular flexibility index (Phi) is 5.95. The number of rotatable bonds is 7. The van der Waals surface area contributed by atoms with Crippen molar-refractivity contribution in [3.05, 3.63) is 80.9 Å². The molecule has 32 heavy (non-hydrogen) atoms. The van der Waals surface area contributed by atoms with Gasteiger partial charge in [-0.2, -0.15) is 4.52 Å². The highest BCUT2D eigenvalue weighted by molar-refractivity contribution is 6.33. The van der Waals surface area contributed by atoms with Gasteiger partial charge in [-0.05, 0) is 31.2 Å². The molecule has 0 fully saturated rings. The molecule has 0 aliphatic carbocycles. The summed E-state index contributed by atoms with van der Waals surface area (Å²) in [6.45, 7) is 1.94. The van der Waals surface area contributed by atoms with Crippen LogP contribution in [0.25, 0.3) is 17.0 Å². The van der Waals surface area contributed by atoms with Crippen LogP contribution in [0.3, 0.4) is 0 Å². The van der Waals surface area contributed by atoms with Gasteiger partial charge in [-0.3, -0.25) is 14.9 Å².